The molecule has 4 rings (SSSR count). The van der Waals surface area contributed by atoms with E-state index in [1.165, 1.54) is 0 Å². The number of hydrogen-bond acceptors (Lipinski definition) is 7. The van der Waals surface area contributed by atoms with E-state index in [-0.39, 0.29) is 18.1 Å². The maximum atomic E-state index is 12.3. The van der Waals surface area contributed by atoms with E-state index >= 15 is 0 Å². The lowest BCUT2D eigenvalue weighted by Crippen LogP contribution is -2.46. The Bertz CT molecular complexity index is 911. The summed E-state index contributed by atoms with van der Waals surface area (Å²) in [6.45, 7) is 0. The van der Waals surface area contributed by atoms with E-state index in [1.54, 1.807) is 13.2 Å². The van der Waals surface area contributed by atoms with Gasteiger partial charge < -0.3 is 30.2 Å². The van der Waals surface area contributed by atoms with Crippen molar-refractivity contribution in [2.24, 2.45) is 11.7 Å². The predicted octanol–water partition coefficient (Wildman–Crippen LogP) is 2.10. The number of hydrogen-bond donors (Lipinski definition) is 3. The van der Waals surface area contributed by atoms with E-state index in [0.29, 0.717) is 17.9 Å². The number of carboxylic acid groups (broad SMARTS) is 1. The molecule has 31 heavy (non-hydrogen) atoms. The number of carbonyl (C=O) groups excluding carboxylic acids is 1. The van der Waals surface area contributed by atoms with Gasteiger partial charge in [-0.3, -0.25) is 9.59 Å². The Hall–Kier alpha value is -2.58. The van der Waals surface area contributed by atoms with Crippen molar-refractivity contribution in [2.75, 3.05) is 7.11 Å². The number of benzene rings is 1. The molecule has 0 spiro atoms. The van der Waals surface area contributed by atoms with Gasteiger partial charge in [0.15, 0.2) is 17.6 Å². The SMILES string of the molecule is COc1ccc2c3c1O[C@@H]1C[C@@](O)(CC=C1OC(=O)C[C@H](N)C(=O)O)[C@H](CCCC3)C2. The van der Waals surface area contributed by atoms with Gasteiger partial charge in [-0.15, -0.1) is 0 Å². The third-order valence-corrected chi connectivity index (χ3v) is 6.71. The molecule has 0 unspecified atom stereocenters. The maximum absolute atomic E-state index is 12.3. The fourth-order valence-corrected chi connectivity index (χ4v) is 4.96. The topological polar surface area (TPSA) is 128 Å². The smallest absolute Gasteiger partial charge is 0.321 e. The molecule has 0 radical (unpaired) electrons. The Morgan fingerprint density at radius 3 is 2.90 bits per heavy atom. The minimum atomic E-state index is -1.34. The molecule has 0 fully saturated rings. The first-order valence-electron chi connectivity index (χ1n) is 10.8. The summed E-state index contributed by atoms with van der Waals surface area (Å²) in [4.78, 5) is 23.3. The quantitative estimate of drug-likeness (QED) is 0.605. The van der Waals surface area contributed by atoms with Crippen LogP contribution in [0.15, 0.2) is 24.0 Å². The third-order valence-electron chi connectivity index (χ3n) is 6.71. The zero-order valence-electron chi connectivity index (χ0n) is 17.6. The Morgan fingerprint density at radius 2 is 2.16 bits per heavy atom. The molecule has 1 aliphatic heterocycles. The highest BCUT2D eigenvalue weighted by atomic mass is 16.6. The summed E-state index contributed by atoms with van der Waals surface area (Å²) >= 11 is 0. The van der Waals surface area contributed by atoms with Crippen molar-refractivity contribution in [3.8, 4) is 11.5 Å². The first-order valence-corrected chi connectivity index (χ1v) is 10.8. The van der Waals surface area contributed by atoms with Gasteiger partial charge in [0.25, 0.3) is 0 Å². The molecule has 0 aromatic heterocycles. The highest BCUT2D eigenvalue weighted by molar-refractivity contribution is 5.81. The van der Waals surface area contributed by atoms with Gasteiger partial charge in [0.1, 0.15) is 11.8 Å². The lowest BCUT2D eigenvalue weighted by atomic mass is 9.71. The van der Waals surface area contributed by atoms with Gasteiger partial charge in [-0.05, 0) is 55.7 Å². The summed E-state index contributed by atoms with van der Waals surface area (Å²) in [7, 11) is 1.58. The summed E-state index contributed by atoms with van der Waals surface area (Å²) in [5, 5.41) is 20.5. The van der Waals surface area contributed by atoms with E-state index in [0.717, 1.165) is 43.2 Å². The van der Waals surface area contributed by atoms with Gasteiger partial charge in [0, 0.05) is 12.0 Å². The summed E-state index contributed by atoms with van der Waals surface area (Å²) in [6, 6.07) is 2.60. The Morgan fingerprint density at radius 1 is 1.35 bits per heavy atom. The molecule has 1 aromatic rings. The molecular weight excluding hydrogens is 402 g/mol. The molecule has 4 atom stereocenters. The second kappa shape index (κ2) is 8.51. The van der Waals surface area contributed by atoms with E-state index in [1.807, 2.05) is 6.07 Å². The number of fused-ring (bicyclic) bond motifs is 4. The van der Waals surface area contributed by atoms with Crippen LogP contribution in [0.1, 0.15) is 49.7 Å². The Kier molecular flexibility index (Phi) is 5.94. The number of methoxy groups -OCH3 is 1. The zero-order chi connectivity index (χ0) is 22.2. The summed E-state index contributed by atoms with van der Waals surface area (Å²) < 4.78 is 17.4. The van der Waals surface area contributed by atoms with Crippen LogP contribution >= 0.6 is 0 Å². The number of carbonyl (C=O) groups is 2. The summed E-state index contributed by atoms with van der Waals surface area (Å²) in [5.41, 5.74) is 6.73. The van der Waals surface area contributed by atoms with Crippen molar-refractivity contribution in [2.45, 2.75) is 69.1 Å². The van der Waals surface area contributed by atoms with Crippen LogP contribution in [0.25, 0.3) is 0 Å². The standard InChI is InChI=1S/C23H29NO7/c1-29-18-7-6-13-10-14-4-2-3-5-15(13)21(18)31-19-12-23(14,28)9-8-17(19)30-20(25)11-16(24)22(26)27/h6-8,14,16,19,28H,2-5,9-12,24H2,1H3,(H,26,27)/t14-,16+,19-,23+/m1/s1. The van der Waals surface area contributed by atoms with Crippen LogP contribution in [-0.4, -0.2) is 47.0 Å². The minimum Gasteiger partial charge on any atom is -0.493 e. The molecule has 1 aromatic carbocycles. The zero-order valence-corrected chi connectivity index (χ0v) is 17.6. The van der Waals surface area contributed by atoms with Gasteiger partial charge >= 0.3 is 11.9 Å². The molecule has 1 heterocycles. The monoisotopic (exact) mass is 431 g/mol. The number of aliphatic carboxylic acids is 1. The molecule has 4 N–H and O–H groups in total. The molecule has 8 heteroatoms. The van der Waals surface area contributed by atoms with Gasteiger partial charge in [-0.1, -0.05) is 12.5 Å². The Labute approximate surface area is 181 Å². The number of aliphatic hydroxyl groups is 1. The van der Waals surface area contributed by atoms with Crippen LogP contribution in [0.5, 0.6) is 11.5 Å². The normalized spacial score (nSPS) is 27.9. The van der Waals surface area contributed by atoms with E-state index in [2.05, 4.69) is 6.07 Å². The third kappa shape index (κ3) is 4.27. The average Bonchev–Trinajstić information content (AvgIpc) is 2.71. The van der Waals surface area contributed by atoms with Crippen molar-refractivity contribution >= 4 is 11.9 Å². The number of nitrogens with two attached hydrogens (primary N) is 1. The summed E-state index contributed by atoms with van der Waals surface area (Å²) in [5.74, 6) is -0.435. The number of esters is 1. The fourth-order valence-electron chi connectivity index (χ4n) is 4.96. The Balaban J connectivity index is 1.70. The van der Waals surface area contributed by atoms with Crippen molar-refractivity contribution in [3.63, 3.8) is 0 Å². The molecule has 3 aliphatic rings. The maximum Gasteiger partial charge on any atom is 0.321 e. The van der Waals surface area contributed by atoms with E-state index in [9.17, 15) is 14.7 Å². The van der Waals surface area contributed by atoms with E-state index in [4.69, 9.17) is 25.1 Å². The van der Waals surface area contributed by atoms with Crippen molar-refractivity contribution in [3.05, 3.63) is 35.1 Å². The van der Waals surface area contributed by atoms with Gasteiger partial charge in [0.05, 0.1) is 19.1 Å². The molecule has 0 saturated heterocycles. The van der Waals surface area contributed by atoms with Crippen LogP contribution in [0.3, 0.4) is 0 Å². The largest absolute Gasteiger partial charge is 0.493 e. The number of ether oxygens (including phenoxy) is 3. The molecular formula is C23H29NO7. The lowest BCUT2D eigenvalue weighted by Gasteiger charge is -2.41. The molecule has 168 valence electrons. The second-order valence-corrected chi connectivity index (χ2v) is 8.73. The minimum absolute atomic E-state index is 0.0610. The highest BCUT2D eigenvalue weighted by Crippen LogP contribution is 2.47. The van der Waals surface area contributed by atoms with Gasteiger partial charge in [0.2, 0.25) is 0 Å². The molecule has 0 amide bonds. The van der Waals surface area contributed by atoms with Gasteiger partial charge in [-0.25, -0.2) is 0 Å². The van der Waals surface area contributed by atoms with Crippen molar-refractivity contribution in [1.82, 2.24) is 0 Å². The number of carboxylic acids is 1. The van der Waals surface area contributed by atoms with Crippen LogP contribution in [0.2, 0.25) is 0 Å². The predicted molar refractivity (Wildman–Crippen MR) is 111 cm³/mol. The molecule has 0 saturated carbocycles. The molecule has 2 aliphatic carbocycles. The highest BCUT2D eigenvalue weighted by Gasteiger charge is 2.45. The van der Waals surface area contributed by atoms with Crippen LogP contribution in [0, 0.1) is 5.92 Å². The van der Waals surface area contributed by atoms with Crippen LogP contribution in [-0.2, 0) is 27.2 Å². The molecule has 6 bridgehead atoms. The first-order chi connectivity index (χ1) is 14.8. The van der Waals surface area contributed by atoms with Crippen molar-refractivity contribution < 1.29 is 34.0 Å². The van der Waals surface area contributed by atoms with Crippen LogP contribution < -0.4 is 15.2 Å². The lowest BCUT2D eigenvalue weighted by molar-refractivity contribution is -0.148. The van der Waals surface area contributed by atoms with Crippen molar-refractivity contribution in [1.29, 1.82) is 0 Å². The average molecular weight is 431 g/mol. The van der Waals surface area contributed by atoms with E-state index < -0.39 is 36.1 Å². The van der Waals surface area contributed by atoms with Crippen LogP contribution in [0.4, 0.5) is 0 Å². The van der Waals surface area contributed by atoms with Gasteiger partial charge in [-0.2, -0.15) is 0 Å². The summed E-state index contributed by atoms with van der Waals surface area (Å²) in [6.07, 6.45) is 5.73. The first kappa shape index (κ1) is 21.6. The fraction of sp³-hybridized carbons (Fsp3) is 0.565. The molecule has 8 nitrogen and oxygen atoms in total. The second-order valence-electron chi connectivity index (χ2n) is 8.73. The number of rotatable bonds is 5.